The number of Topliss-reactive ketones (excluding diaryl/α,β-unsaturated/α-hetero) is 1. The third kappa shape index (κ3) is 6.01. The van der Waals surface area contributed by atoms with Crippen LogP contribution in [-0.4, -0.2) is 87.9 Å². The first-order chi connectivity index (χ1) is 18.6. The van der Waals surface area contributed by atoms with Crippen molar-refractivity contribution in [2.24, 2.45) is 0 Å². The number of nitrogens with zero attached hydrogens (tertiary/aromatic N) is 3. The van der Waals surface area contributed by atoms with E-state index < -0.39 is 55.3 Å². The summed E-state index contributed by atoms with van der Waals surface area (Å²) in [6.45, 7) is -0.751. The number of urea groups is 1. The summed E-state index contributed by atoms with van der Waals surface area (Å²) >= 11 is 1.02. The molecule has 206 valence electrons. The number of halogens is 1. The molecule has 2 aliphatic heterocycles. The Balaban J connectivity index is 1.49. The van der Waals surface area contributed by atoms with Crippen LogP contribution in [0.1, 0.15) is 40.5 Å². The highest BCUT2D eigenvalue weighted by Crippen LogP contribution is 2.37. The molecule has 0 radical (unpaired) electrons. The second-order valence-corrected chi connectivity index (χ2v) is 9.92. The minimum atomic E-state index is -1.50. The number of hydrogen-bond acceptors (Lipinski definition) is 10. The van der Waals surface area contributed by atoms with Crippen LogP contribution in [0.15, 0.2) is 23.6 Å². The molecule has 5 N–H and O–H groups in total. The number of benzene rings is 1. The van der Waals surface area contributed by atoms with Crippen molar-refractivity contribution in [3.05, 3.63) is 40.4 Å². The van der Waals surface area contributed by atoms with E-state index in [1.54, 1.807) is 6.07 Å². The van der Waals surface area contributed by atoms with E-state index in [0.717, 1.165) is 16.2 Å². The van der Waals surface area contributed by atoms with E-state index in [4.69, 9.17) is 10.4 Å². The third-order valence-electron chi connectivity index (χ3n) is 6.46. The van der Waals surface area contributed by atoms with E-state index in [0.29, 0.717) is 10.5 Å². The Morgan fingerprint density at radius 1 is 1.28 bits per heavy atom. The Morgan fingerprint density at radius 2 is 2.05 bits per heavy atom. The Hall–Kier alpha value is -4.05. The van der Waals surface area contributed by atoms with Crippen molar-refractivity contribution in [3.8, 4) is 5.75 Å². The summed E-state index contributed by atoms with van der Waals surface area (Å²) in [6, 6.07) is 2.13. The van der Waals surface area contributed by atoms with Crippen molar-refractivity contribution < 1.29 is 43.1 Å². The number of amides is 4. The van der Waals surface area contributed by atoms with Crippen molar-refractivity contribution in [3.63, 3.8) is 0 Å². The zero-order valence-electron chi connectivity index (χ0n) is 20.5. The number of hydrogen-bond donors (Lipinski definition) is 4. The fourth-order valence-electron chi connectivity index (χ4n) is 4.49. The molecular formula is C23H25BFN5O8S. The van der Waals surface area contributed by atoms with Gasteiger partial charge in [-0.15, -0.1) is 11.3 Å². The molecule has 1 aromatic heterocycles. The first-order valence-electron chi connectivity index (χ1n) is 12.0. The van der Waals surface area contributed by atoms with E-state index >= 15 is 0 Å². The molecule has 2 aliphatic rings. The Kier molecular flexibility index (Phi) is 8.45. The zero-order valence-corrected chi connectivity index (χ0v) is 21.4. The number of aromatic nitrogens is 1. The number of fused-ring (bicyclic) bond motifs is 1. The number of nitrogens with one attached hydrogen (secondary N) is 1. The fourth-order valence-corrected chi connectivity index (χ4v) is 5.08. The van der Waals surface area contributed by atoms with Gasteiger partial charge in [-0.25, -0.2) is 14.6 Å². The van der Waals surface area contributed by atoms with Gasteiger partial charge in [0.15, 0.2) is 10.9 Å². The number of nitrogens with two attached hydrogens (primary N) is 1. The predicted molar refractivity (Wildman–Crippen MR) is 136 cm³/mol. The highest BCUT2D eigenvalue weighted by molar-refractivity contribution is 7.13. The van der Waals surface area contributed by atoms with E-state index in [2.05, 4.69) is 10.3 Å². The lowest BCUT2D eigenvalue weighted by Crippen LogP contribution is -2.59. The number of thiazole rings is 1. The van der Waals surface area contributed by atoms with Crippen LogP contribution in [-0.2, 0) is 20.8 Å². The van der Waals surface area contributed by atoms with Gasteiger partial charge in [0.1, 0.15) is 11.8 Å². The maximum Gasteiger partial charge on any atom is 0.526 e. The van der Waals surface area contributed by atoms with Crippen LogP contribution in [0.5, 0.6) is 5.75 Å². The lowest BCUT2D eigenvalue weighted by molar-refractivity contribution is -0.153. The number of piperazine rings is 1. The summed E-state index contributed by atoms with van der Waals surface area (Å²) in [6.07, 6.45) is -0.118. The summed E-state index contributed by atoms with van der Waals surface area (Å²) in [5.74, 6) is -4.64. The summed E-state index contributed by atoms with van der Waals surface area (Å²) < 4.78 is 17.9. The van der Waals surface area contributed by atoms with Crippen molar-refractivity contribution in [2.75, 3.05) is 32.0 Å². The largest absolute Gasteiger partial charge is 0.535 e. The fraction of sp³-hybridized carbons (Fsp3) is 0.391. The Morgan fingerprint density at radius 3 is 2.72 bits per heavy atom. The van der Waals surface area contributed by atoms with Gasteiger partial charge in [0.25, 0.3) is 0 Å². The molecular weight excluding hydrogens is 536 g/mol. The van der Waals surface area contributed by atoms with Gasteiger partial charge < -0.3 is 30.7 Å². The van der Waals surface area contributed by atoms with Crippen LogP contribution >= 0.6 is 11.3 Å². The molecule has 0 bridgehead atoms. The predicted octanol–water partition coefficient (Wildman–Crippen LogP) is 0.650. The van der Waals surface area contributed by atoms with Gasteiger partial charge in [0.2, 0.25) is 0 Å². The lowest BCUT2D eigenvalue weighted by Gasteiger charge is -2.33. The SMILES string of the molecule is Nc1nc(C(NC(=O)N2CCN(CCCF)C(=O)C2=O)C(=O)C[C@H]2Cc3cccc(C(=O)O)c3OB2O)cs1. The van der Waals surface area contributed by atoms with Crippen molar-refractivity contribution in [1.29, 1.82) is 0 Å². The Bertz CT molecular complexity index is 1310. The summed E-state index contributed by atoms with van der Waals surface area (Å²) in [7, 11) is -1.50. The highest BCUT2D eigenvalue weighted by atomic mass is 32.1. The summed E-state index contributed by atoms with van der Waals surface area (Å²) in [5, 5.41) is 24.0. The standard InChI is InChI=1S/C23H25BFN5O8S/c25-5-2-6-29-7-8-30(20(33)19(29)32)23(36)28-17(15-11-39-22(26)27-15)16(31)10-13-9-12-3-1-4-14(21(34)35)18(12)38-24(13)37/h1,3-4,11,13,17,37H,2,5-10H2,(H2,26,27)(H,28,36)(H,34,35)/t13-,17?/m1/s1. The van der Waals surface area contributed by atoms with Crippen molar-refractivity contribution in [2.45, 2.75) is 31.1 Å². The molecule has 3 heterocycles. The minimum Gasteiger partial charge on any atom is -0.535 e. The number of nitrogen functional groups attached to an aromatic ring is 1. The average molecular weight is 561 g/mol. The van der Waals surface area contributed by atoms with Crippen LogP contribution < -0.4 is 15.7 Å². The lowest BCUT2D eigenvalue weighted by atomic mass is 9.64. The van der Waals surface area contributed by atoms with E-state index in [9.17, 15) is 38.5 Å². The normalized spacial score (nSPS) is 17.9. The molecule has 0 aliphatic carbocycles. The minimum absolute atomic E-state index is 0.0175. The number of alkyl halides is 1. The Labute approximate surface area is 225 Å². The number of anilines is 1. The second-order valence-electron chi connectivity index (χ2n) is 9.03. The number of carbonyl (C=O) groups excluding carboxylic acids is 4. The van der Waals surface area contributed by atoms with Gasteiger partial charge in [-0.1, -0.05) is 12.1 Å². The van der Waals surface area contributed by atoms with Crippen LogP contribution in [0.25, 0.3) is 0 Å². The van der Waals surface area contributed by atoms with Crippen molar-refractivity contribution in [1.82, 2.24) is 20.1 Å². The van der Waals surface area contributed by atoms with E-state index in [1.807, 2.05) is 0 Å². The van der Waals surface area contributed by atoms with Gasteiger partial charge in [0, 0.05) is 37.3 Å². The number of carboxylic acids is 1. The second kappa shape index (κ2) is 11.8. The number of para-hydroxylation sites is 1. The number of rotatable bonds is 9. The molecule has 0 saturated carbocycles. The molecule has 4 rings (SSSR count). The maximum absolute atomic E-state index is 13.4. The van der Waals surface area contributed by atoms with Crippen LogP contribution in [0.3, 0.4) is 0 Å². The molecule has 16 heteroatoms. The molecule has 1 fully saturated rings. The monoisotopic (exact) mass is 561 g/mol. The van der Waals surface area contributed by atoms with Crippen LogP contribution in [0.4, 0.5) is 14.3 Å². The van der Waals surface area contributed by atoms with Gasteiger partial charge >= 0.3 is 30.9 Å². The first-order valence-corrected chi connectivity index (χ1v) is 12.9. The zero-order chi connectivity index (χ0) is 28.3. The number of ketones is 1. The summed E-state index contributed by atoms with van der Waals surface area (Å²) in [4.78, 5) is 68.8. The number of imide groups is 1. The van der Waals surface area contributed by atoms with E-state index in [1.165, 1.54) is 17.5 Å². The number of carbonyl (C=O) groups is 5. The number of carboxylic acid groups (broad SMARTS) is 1. The molecule has 1 unspecified atom stereocenters. The van der Waals surface area contributed by atoms with Gasteiger partial charge in [0.05, 0.1) is 17.9 Å². The quantitative estimate of drug-likeness (QED) is 0.250. The smallest absolute Gasteiger partial charge is 0.526 e. The van der Waals surface area contributed by atoms with E-state index in [-0.39, 0.29) is 61.0 Å². The molecule has 2 aromatic rings. The number of aromatic carboxylic acids is 1. The highest BCUT2D eigenvalue weighted by Gasteiger charge is 2.41. The molecule has 1 aromatic carbocycles. The molecule has 13 nitrogen and oxygen atoms in total. The average Bonchev–Trinajstić information content (AvgIpc) is 3.33. The molecule has 4 amide bonds. The summed E-state index contributed by atoms with van der Waals surface area (Å²) in [5.41, 5.74) is 6.20. The van der Waals surface area contributed by atoms with Crippen LogP contribution in [0.2, 0.25) is 5.82 Å². The maximum atomic E-state index is 13.4. The first kappa shape index (κ1) is 28.0. The van der Waals surface area contributed by atoms with Gasteiger partial charge in [-0.3, -0.25) is 23.7 Å². The van der Waals surface area contributed by atoms with Gasteiger partial charge in [-0.05, 0) is 24.5 Å². The molecule has 0 spiro atoms. The van der Waals surface area contributed by atoms with Crippen molar-refractivity contribution >= 4 is 53.2 Å². The molecule has 1 saturated heterocycles. The van der Waals surface area contributed by atoms with Crippen LogP contribution in [0, 0.1) is 0 Å². The third-order valence-corrected chi connectivity index (χ3v) is 7.15. The molecule has 2 atom stereocenters. The molecule has 39 heavy (non-hydrogen) atoms. The van der Waals surface area contributed by atoms with Gasteiger partial charge in [-0.2, -0.15) is 0 Å². The topological polar surface area (TPSA) is 192 Å².